The number of nitrogens with one attached hydrogen (secondary N) is 1. The lowest BCUT2D eigenvalue weighted by Crippen LogP contribution is -2.28. The highest BCUT2D eigenvalue weighted by Crippen LogP contribution is 2.22. The fraction of sp³-hybridized carbons (Fsp3) is 0.200. The Kier molecular flexibility index (Phi) is 3.57. The maximum absolute atomic E-state index is 5.67. The van der Waals surface area contributed by atoms with E-state index in [-0.39, 0.29) is 6.04 Å². The zero-order chi connectivity index (χ0) is 12.3. The standard InChI is InChI=1S/C15H18N2/c1-11-6-8-13(9-7-11)15(17-16)14-5-3-4-12(2)10-14/h3-10,15,17H,16H2,1-2H3/t15-/m1/s1. The minimum atomic E-state index is 0.0514. The first-order valence-electron chi connectivity index (χ1n) is 5.80. The number of hydrogen-bond donors (Lipinski definition) is 2. The van der Waals surface area contributed by atoms with E-state index in [1.165, 1.54) is 22.3 Å². The van der Waals surface area contributed by atoms with Crippen molar-refractivity contribution in [2.45, 2.75) is 19.9 Å². The maximum atomic E-state index is 5.67. The van der Waals surface area contributed by atoms with Gasteiger partial charge >= 0.3 is 0 Å². The van der Waals surface area contributed by atoms with Crippen LogP contribution in [0.4, 0.5) is 0 Å². The molecule has 17 heavy (non-hydrogen) atoms. The molecule has 0 unspecified atom stereocenters. The maximum Gasteiger partial charge on any atom is 0.0710 e. The van der Waals surface area contributed by atoms with Gasteiger partial charge in [0.15, 0.2) is 0 Å². The van der Waals surface area contributed by atoms with Gasteiger partial charge < -0.3 is 0 Å². The van der Waals surface area contributed by atoms with Gasteiger partial charge in [-0.2, -0.15) is 0 Å². The molecule has 0 fully saturated rings. The van der Waals surface area contributed by atoms with Crippen LogP contribution < -0.4 is 11.3 Å². The Morgan fingerprint density at radius 2 is 1.59 bits per heavy atom. The molecule has 88 valence electrons. The Morgan fingerprint density at radius 1 is 0.882 bits per heavy atom. The van der Waals surface area contributed by atoms with Crippen molar-refractivity contribution in [3.63, 3.8) is 0 Å². The van der Waals surface area contributed by atoms with E-state index in [1.807, 2.05) is 0 Å². The fourth-order valence-electron chi connectivity index (χ4n) is 1.99. The number of nitrogens with two attached hydrogens (primary N) is 1. The predicted octanol–water partition coefficient (Wildman–Crippen LogP) is 2.86. The average Bonchev–Trinajstić information content (AvgIpc) is 2.33. The highest BCUT2D eigenvalue weighted by molar-refractivity contribution is 5.34. The summed E-state index contributed by atoms with van der Waals surface area (Å²) in [5.74, 6) is 5.67. The van der Waals surface area contributed by atoms with Crippen LogP contribution in [0.15, 0.2) is 48.5 Å². The molecule has 3 N–H and O–H groups in total. The summed E-state index contributed by atoms with van der Waals surface area (Å²) in [7, 11) is 0. The van der Waals surface area contributed by atoms with Crippen molar-refractivity contribution in [2.75, 3.05) is 0 Å². The molecule has 0 spiro atoms. The molecule has 0 saturated heterocycles. The molecule has 0 aromatic heterocycles. The van der Waals surface area contributed by atoms with Crippen LogP contribution in [0.2, 0.25) is 0 Å². The fourth-order valence-corrected chi connectivity index (χ4v) is 1.99. The largest absolute Gasteiger partial charge is 0.271 e. The third-order valence-corrected chi connectivity index (χ3v) is 2.95. The van der Waals surface area contributed by atoms with Crippen LogP contribution in [0.25, 0.3) is 0 Å². The summed E-state index contributed by atoms with van der Waals surface area (Å²) in [6.45, 7) is 4.17. The Hall–Kier alpha value is -1.64. The summed E-state index contributed by atoms with van der Waals surface area (Å²) in [4.78, 5) is 0. The number of hydrazine groups is 1. The number of benzene rings is 2. The van der Waals surface area contributed by atoms with Crippen LogP contribution in [-0.2, 0) is 0 Å². The normalized spacial score (nSPS) is 12.4. The average molecular weight is 226 g/mol. The SMILES string of the molecule is Cc1ccc([C@@H](NN)c2cccc(C)c2)cc1. The third-order valence-electron chi connectivity index (χ3n) is 2.95. The Bertz CT molecular complexity index is 489. The van der Waals surface area contributed by atoms with Crippen molar-refractivity contribution in [3.8, 4) is 0 Å². The van der Waals surface area contributed by atoms with E-state index >= 15 is 0 Å². The first-order valence-corrected chi connectivity index (χ1v) is 5.80. The molecule has 0 amide bonds. The zero-order valence-corrected chi connectivity index (χ0v) is 10.3. The molecular weight excluding hydrogens is 208 g/mol. The van der Waals surface area contributed by atoms with Crippen molar-refractivity contribution < 1.29 is 0 Å². The lowest BCUT2D eigenvalue weighted by atomic mass is 9.97. The summed E-state index contributed by atoms with van der Waals surface area (Å²) in [6, 6.07) is 16.9. The second kappa shape index (κ2) is 5.13. The van der Waals surface area contributed by atoms with Gasteiger partial charge in [0.2, 0.25) is 0 Å². The van der Waals surface area contributed by atoms with Crippen molar-refractivity contribution in [3.05, 3.63) is 70.8 Å². The van der Waals surface area contributed by atoms with Gasteiger partial charge in [-0.15, -0.1) is 0 Å². The lowest BCUT2D eigenvalue weighted by molar-refractivity contribution is 0.636. The van der Waals surface area contributed by atoms with Crippen LogP contribution in [0.5, 0.6) is 0 Å². The quantitative estimate of drug-likeness (QED) is 0.624. The second-order valence-corrected chi connectivity index (χ2v) is 4.42. The first kappa shape index (κ1) is 11.8. The molecule has 0 aliphatic rings. The third kappa shape index (κ3) is 2.73. The van der Waals surface area contributed by atoms with E-state index in [4.69, 9.17) is 5.84 Å². The van der Waals surface area contributed by atoms with E-state index in [2.05, 4.69) is 67.8 Å². The van der Waals surface area contributed by atoms with Crippen LogP contribution in [0.1, 0.15) is 28.3 Å². The van der Waals surface area contributed by atoms with Crippen LogP contribution >= 0.6 is 0 Å². The van der Waals surface area contributed by atoms with Gasteiger partial charge in [-0.3, -0.25) is 5.84 Å². The Balaban J connectivity index is 2.36. The van der Waals surface area contributed by atoms with Gasteiger partial charge in [-0.25, -0.2) is 5.43 Å². The van der Waals surface area contributed by atoms with Crippen molar-refractivity contribution in [1.82, 2.24) is 5.43 Å². The molecule has 0 radical (unpaired) electrons. The number of hydrogen-bond acceptors (Lipinski definition) is 2. The minimum absolute atomic E-state index is 0.0514. The summed E-state index contributed by atoms with van der Waals surface area (Å²) < 4.78 is 0. The summed E-state index contributed by atoms with van der Waals surface area (Å²) >= 11 is 0. The molecule has 1 atom stereocenters. The topological polar surface area (TPSA) is 38.0 Å². The molecule has 0 bridgehead atoms. The van der Waals surface area contributed by atoms with E-state index in [1.54, 1.807) is 0 Å². The Labute approximate surface area is 102 Å². The van der Waals surface area contributed by atoms with Gasteiger partial charge in [-0.05, 0) is 25.0 Å². The molecule has 2 nitrogen and oxygen atoms in total. The molecular formula is C15H18N2. The number of rotatable bonds is 3. The van der Waals surface area contributed by atoms with Gasteiger partial charge in [0, 0.05) is 0 Å². The highest BCUT2D eigenvalue weighted by Gasteiger charge is 2.11. The molecule has 0 aliphatic carbocycles. The summed E-state index contributed by atoms with van der Waals surface area (Å²) in [5, 5.41) is 0. The molecule has 2 heteroatoms. The predicted molar refractivity (Wildman–Crippen MR) is 71.5 cm³/mol. The molecule has 0 saturated carbocycles. The smallest absolute Gasteiger partial charge is 0.0710 e. The van der Waals surface area contributed by atoms with E-state index in [9.17, 15) is 0 Å². The van der Waals surface area contributed by atoms with Crippen molar-refractivity contribution >= 4 is 0 Å². The van der Waals surface area contributed by atoms with E-state index < -0.39 is 0 Å². The zero-order valence-electron chi connectivity index (χ0n) is 10.3. The highest BCUT2D eigenvalue weighted by atomic mass is 15.2. The van der Waals surface area contributed by atoms with Gasteiger partial charge in [0.05, 0.1) is 6.04 Å². The van der Waals surface area contributed by atoms with Crippen LogP contribution in [0, 0.1) is 13.8 Å². The second-order valence-electron chi connectivity index (χ2n) is 4.42. The van der Waals surface area contributed by atoms with Crippen LogP contribution in [0.3, 0.4) is 0 Å². The van der Waals surface area contributed by atoms with Gasteiger partial charge in [0.1, 0.15) is 0 Å². The van der Waals surface area contributed by atoms with Crippen molar-refractivity contribution in [1.29, 1.82) is 0 Å². The number of aryl methyl sites for hydroxylation is 2. The molecule has 2 rings (SSSR count). The summed E-state index contributed by atoms with van der Waals surface area (Å²) in [5.41, 5.74) is 7.76. The summed E-state index contributed by atoms with van der Waals surface area (Å²) in [6.07, 6.45) is 0. The monoisotopic (exact) mass is 226 g/mol. The van der Waals surface area contributed by atoms with Gasteiger partial charge in [-0.1, -0.05) is 59.7 Å². The van der Waals surface area contributed by atoms with Crippen molar-refractivity contribution in [2.24, 2.45) is 5.84 Å². The molecule has 2 aromatic carbocycles. The lowest BCUT2D eigenvalue weighted by Gasteiger charge is -2.17. The van der Waals surface area contributed by atoms with Crippen LogP contribution in [-0.4, -0.2) is 0 Å². The Morgan fingerprint density at radius 3 is 2.18 bits per heavy atom. The minimum Gasteiger partial charge on any atom is -0.271 e. The van der Waals surface area contributed by atoms with Gasteiger partial charge in [0.25, 0.3) is 0 Å². The van der Waals surface area contributed by atoms with E-state index in [0.717, 1.165) is 0 Å². The molecule has 0 aliphatic heterocycles. The molecule has 2 aromatic rings. The molecule has 0 heterocycles. The first-order chi connectivity index (χ1) is 8.20. The van der Waals surface area contributed by atoms with E-state index in [0.29, 0.717) is 0 Å².